The Kier molecular flexibility index (Phi) is 4.02. The maximum atomic E-state index is 9.24. The fourth-order valence-electron chi connectivity index (χ4n) is 2.61. The van der Waals surface area contributed by atoms with E-state index in [0.29, 0.717) is 6.54 Å². The van der Waals surface area contributed by atoms with Crippen molar-refractivity contribution in [3.8, 4) is 0 Å². The van der Waals surface area contributed by atoms with Crippen molar-refractivity contribution in [2.24, 2.45) is 5.16 Å². The zero-order valence-electron chi connectivity index (χ0n) is 11.3. The first kappa shape index (κ1) is 13.1. The summed E-state index contributed by atoms with van der Waals surface area (Å²) < 4.78 is 0. The van der Waals surface area contributed by atoms with E-state index < -0.39 is 0 Å². The summed E-state index contributed by atoms with van der Waals surface area (Å²) in [6.45, 7) is 6.34. The molecule has 0 atom stereocenters. The summed E-state index contributed by atoms with van der Waals surface area (Å²) in [6.07, 6.45) is 3.73. The molecule has 0 amide bonds. The Hall–Kier alpha value is -1.35. The minimum atomic E-state index is 0.197. The molecule has 1 fully saturated rings. The molecule has 0 spiro atoms. The smallest absolute Gasteiger partial charge is 0.101 e. The van der Waals surface area contributed by atoms with E-state index in [1.165, 1.54) is 19.3 Å². The van der Waals surface area contributed by atoms with E-state index in [0.717, 1.165) is 17.8 Å². The van der Waals surface area contributed by atoms with Gasteiger partial charge in [-0.05, 0) is 33.2 Å². The van der Waals surface area contributed by atoms with Crippen LogP contribution in [0.25, 0.3) is 0 Å². The van der Waals surface area contributed by atoms with Gasteiger partial charge in [0, 0.05) is 17.6 Å². The summed E-state index contributed by atoms with van der Waals surface area (Å²) in [4.78, 5) is 2.42. The summed E-state index contributed by atoms with van der Waals surface area (Å²) in [5.74, 6) is 0. The lowest BCUT2D eigenvalue weighted by Crippen LogP contribution is -2.49. The van der Waals surface area contributed by atoms with Crippen molar-refractivity contribution in [2.45, 2.75) is 38.6 Å². The van der Waals surface area contributed by atoms with Gasteiger partial charge in [-0.1, -0.05) is 41.9 Å². The number of rotatable bonds is 3. The molecule has 0 bridgehead atoms. The summed E-state index contributed by atoms with van der Waals surface area (Å²) in [6, 6.07) is 9.91. The molecule has 98 valence electrons. The van der Waals surface area contributed by atoms with E-state index in [9.17, 15) is 5.21 Å². The van der Waals surface area contributed by atoms with E-state index in [1.54, 1.807) is 0 Å². The van der Waals surface area contributed by atoms with Crippen molar-refractivity contribution in [1.29, 1.82) is 0 Å². The second-order valence-electron chi connectivity index (χ2n) is 5.60. The van der Waals surface area contributed by atoms with Gasteiger partial charge in [0.05, 0.1) is 0 Å². The van der Waals surface area contributed by atoms with Gasteiger partial charge in [0.15, 0.2) is 0 Å². The van der Waals surface area contributed by atoms with Crippen molar-refractivity contribution in [3.05, 3.63) is 35.9 Å². The Balaban J connectivity index is 2.12. The Morgan fingerprint density at radius 2 is 2.00 bits per heavy atom. The van der Waals surface area contributed by atoms with E-state index in [-0.39, 0.29) is 5.54 Å². The third kappa shape index (κ3) is 2.91. The number of nitrogens with zero attached hydrogens (tertiary/aromatic N) is 2. The van der Waals surface area contributed by atoms with Crippen molar-refractivity contribution < 1.29 is 5.21 Å². The molecule has 1 aliphatic heterocycles. The normalized spacial score (nSPS) is 20.9. The highest BCUT2D eigenvalue weighted by molar-refractivity contribution is 6.01. The first-order valence-electron chi connectivity index (χ1n) is 6.65. The van der Waals surface area contributed by atoms with Gasteiger partial charge in [0.25, 0.3) is 0 Å². The average Bonchev–Trinajstić information content (AvgIpc) is 2.38. The second kappa shape index (κ2) is 5.53. The van der Waals surface area contributed by atoms with Crippen LogP contribution in [0.15, 0.2) is 35.5 Å². The molecule has 0 aliphatic carbocycles. The first-order valence-corrected chi connectivity index (χ1v) is 6.65. The molecule has 18 heavy (non-hydrogen) atoms. The number of hydrogen-bond donors (Lipinski definition) is 1. The van der Waals surface area contributed by atoms with Crippen LogP contribution in [0.5, 0.6) is 0 Å². The lowest BCUT2D eigenvalue weighted by atomic mass is 9.90. The van der Waals surface area contributed by atoms with Gasteiger partial charge >= 0.3 is 0 Å². The van der Waals surface area contributed by atoms with Crippen molar-refractivity contribution in [3.63, 3.8) is 0 Å². The van der Waals surface area contributed by atoms with Gasteiger partial charge in [-0.15, -0.1) is 0 Å². The maximum Gasteiger partial charge on any atom is 0.101 e. The highest BCUT2D eigenvalue weighted by Crippen LogP contribution is 2.27. The summed E-state index contributed by atoms with van der Waals surface area (Å²) in [5.41, 5.74) is 1.95. The third-order valence-corrected chi connectivity index (χ3v) is 3.89. The standard InChI is InChI=1S/C15H22N2O/c1-15(2)10-6-7-11-17(15)12-14(16-18)13-8-4-3-5-9-13/h3-5,8-9,18H,6-7,10-12H2,1-2H3/b16-14-. The largest absolute Gasteiger partial charge is 0.411 e. The summed E-state index contributed by atoms with van der Waals surface area (Å²) in [5, 5.41) is 12.7. The van der Waals surface area contributed by atoms with Gasteiger partial charge in [-0.25, -0.2) is 0 Å². The molecule has 0 aromatic heterocycles. The topological polar surface area (TPSA) is 35.8 Å². The Bertz CT molecular complexity index is 412. The molecule has 1 aliphatic rings. The van der Waals surface area contributed by atoms with Crippen LogP contribution in [0.1, 0.15) is 38.7 Å². The van der Waals surface area contributed by atoms with Crippen LogP contribution < -0.4 is 0 Å². The zero-order chi connectivity index (χ0) is 13.0. The first-order chi connectivity index (χ1) is 8.63. The molecule has 0 unspecified atom stereocenters. The maximum absolute atomic E-state index is 9.24. The lowest BCUT2D eigenvalue weighted by Gasteiger charge is -2.42. The molecule has 1 aromatic carbocycles. The fourth-order valence-corrected chi connectivity index (χ4v) is 2.61. The molecule has 3 nitrogen and oxygen atoms in total. The molecule has 0 saturated carbocycles. The molecule has 1 aromatic rings. The van der Waals surface area contributed by atoms with Crippen LogP contribution in [0, 0.1) is 0 Å². The average molecular weight is 246 g/mol. The van der Waals surface area contributed by atoms with Crippen LogP contribution in [-0.2, 0) is 0 Å². The highest BCUT2D eigenvalue weighted by Gasteiger charge is 2.30. The highest BCUT2D eigenvalue weighted by atomic mass is 16.4. The third-order valence-electron chi connectivity index (χ3n) is 3.89. The van der Waals surface area contributed by atoms with E-state index in [1.807, 2.05) is 30.3 Å². The predicted molar refractivity (Wildman–Crippen MR) is 74.3 cm³/mol. The molecule has 0 radical (unpaired) electrons. The minimum Gasteiger partial charge on any atom is -0.411 e. The Morgan fingerprint density at radius 1 is 1.28 bits per heavy atom. The monoisotopic (exact) mass is 246 g/mol. The number of hydrogen-bond acceptors (Lipinski definition) is 3. The molecule has 2 rings (SSSR count). The molecule has 1 N–H and O–H groups in total. The number of likely N-dealkylation sites (tertiary alicyclic amines) is 1. The SMILES string of the molecule is CC1(C)CCCCN1C/C(=N/O)c1ccccc1. The van der Waals surface area contributed by atoms with Crippen LogP contribution in [0.4, 0.5) is 0 Å². The lowest BCUT2D eigenvalue weighted by molar-refractivity contribution is 0.0943. The zero-order valence-corrected chi connectivity index (χ0v) is 11.3. The van der Waals surface area contributed by atoms with E-state index in [4.69, 9.17) is 0 Å². The molecular weight excluding hydrogens is 224 g/mol. The van der Waals surface area contributed by atoms with Gasteiger partial charge in [0.2, 0.25) is 0 Å². The fraction of sp³-hybridized carbons (Fsp3) is 0.533. The molecule has 1 saturated heterocycles. The van der Waals surface area contributed by atoms with Crippen LogP contribution in [0.3, 0.4) is 0 Å². The predicted octanol–water partition coefficient (Wildman–Crippen LogP) is 3.13. The van der Waals surface area contributed by atoms with Crippen molar-refractivity contribution >= 4 is 5.71 Å². The van der Waals surface area contributed by atoms with Gasteiger partial charge in [-0.3, -0.25) is 4.90 Å². The molecule has 1 heterocycles. The van der Waals surface area contributed by atoms with Crippen LogP contribution >= 0.6 is 0 Å². The van der Waals surface area contributed by atoms with Crippen molar-refractivity contribution in [2.75, 3.05) is 13.1 Å². The van der Waals surface area contributed by atoms with E-state index >= 15 is 0 Å². The number of piperidine rings is 1. The number of benzene rings is 1. The summed E-state index contributed by atoms with van der Waals surface area (Å²) in [7, 11) is 0. The minimum absolute atomic E-state index is 0.197. The van der Waals surface area contributed by atoms with Gasteiger partial charge in [-0.2, -0.15) is 0 Å². The Morgan fingerprint density at radius 3 is 2.61 bits per heavy atom. The van der Waals surface area contributed by atoms with Crippen LogP contribution in [0.2, 0.25) is 0 Å². The van der Waals surface area contributed by atoms with Crippen molar-refractivity contribution in [1.82, 2.24) is 4.90 Å². The van der Waals surface area contributed by atoms with Gasteiger partial charge in [0.1, 0.15) is 5.71 Å². The molecule has 3 heteroatoms. The quantitative estimate of drug-likeness (QED) is 0.505. The molecular formula is C15H22N2O. The van der Waals surface area contributed by atoms with Gasteiger partial charge < -0.3 is 5.21 Å². The van der Waals surface area contributed by atoms with E-state index in [2.05, 4.69) is 23.9 Å². The number of oxime groups is 1. The van der Waals surface area contributed by atoms with Crippen LogP contribution in [-0.4, -0.2) is 34.4 Å². The Labute approximate surface area is 109 Å². The second-order valence-corrected chi connectivity index (χ2v) is 5.60. The summed E-state index contributed by atoms with van der Waals surface area (Å²) >= 11 is 0.